The second-order valence-electron chi connectivity index (χ2n) is 4.67. The van der Waals surface area contributed by atoms with Gasteiger partial charge in [0.25, 0.3) is 0 Å². The number of rotatable bonds is 5. The molecule has 0 aliphatic carbocycles. The van der Waals surface area contributed by atoms with Gasteiger partial charge < -0.3 is 10.6 Å². The molecular formula is C16H19N5. The molecule has 0 atom stereocenters. The predicted molar refractivity (Wildman–Crippen MR) is 84.8 cm³/mol. The maximum Gasteiger partial charge on any atom is 0.139 e. The third kappa shape index (κ3) is 3.11. The fourth-order valence-corrected chi connectivity index (χ4v) is 2.22. The minimum absolute atomic E-state index is 0.642. The Kier molecular flexibility index (Phi) is 4.72. The van der Waals surface area contributed by atoms with Gasteiger partial charge in [0, 0.05) is 12.1 Å². The van der Waals surface area contributed by atoms with Crippen LogP contribution in [0.2, 0.25) is 0 Å². The molecule has 2 N–H and O–H groups in total. The number of nitriles is 1. The average Bonchev–Trinajstić information content (AvgIpc) is 2.48. The number of aryl methyl sites for hydroxylation is 1. The van der Waals surface area contributed by atoms with Crippen molar-refractivity contribution in [2.75, 3.05) is 17.2 Å². The smallest absolute Gasteiger partial charge is 0.139 e. The van der Waals surface area contributed by atoms with Crippen molar-refractivity contribution in [2.24, 2.45) is 0 Å². The van der Waals surface area contributed by atoms with Crippen LogP contribution < -0.4 is 10.6 Å². The Morgan fingerprint density at radius 2 is 1.95 bits per heavy atom. The van der Waals surface area contributed by atoms with E-state index in [1.165, 1.54) is 6.33 Å². The summed E-state index contributed by atoms with van der Waals surface area (Å²) in [6.07, 6.45) is 2.33. The molecule has 1 aromatic carbocycles. The Bertz CT molecular complexity index is 673. The Hall–Kier alpha value is -2.61. The molecular weight excluding hydrogens is 262 g/mol. The van der Waals surface area contributed by atoms with E-state index in [2.05, 4.69) is 33.6 Å². The summed E-state index contributed by atoms with van der Waals surface area (Å²) in [7, 11) is 0. The normalized spacial score (nSPS) is 10.0. The van der Waals surface area contributed by atoms with Crippen LogP contribution in [-0.2, 0) is 6.42 Å². The Labute approximate surface area is 125 Å². The van der Waals surface area contributed by atoms with Crippen LogP contribution in [0, 0.1) is 18.3 Å². The van der Waals surface area contributed by atoms with Gasteiger partial charge in [-0.1, -0.05) is 19.1 Å². The van der Waals surface area contributed by atoms with Gasteiger partial charge in [0.15, 0.2) is 0 Å². The molecule has 2 rings (SSSR count). The molecule has 0 fully saturated rings. The molecule has 0 aliphatic heterocycles. The van der Waals surface area contributed by atoms with Gasteiger partial charge >= 0.3 is 0 Å². The van der Waals surface area contributed by atoms with Crippen LogP contribution in [-0.4, -0.2) is 16.5 Å². The van der Waals surface area contributed by atoms with Gasteiger partial charge in [-0.2, -0.15) is 5.26 Å². The molecule has 2 aromatic rings. The highest BCUT2D eigenvalue weighted by atomic mass is 15.1. The molecule has 0 bridgehead atoms. The van der Waals surface area contributed by atoms with Crippen LogP contribution in [0.15, 0.2) is 24.5 Å². The molecule has 0 aliphatic rings. The summed E-state index contributed by atoms with van der Waals surface area (Å²) in [5.41, 5.74) is 3.38. The van der Waals surface area contributed by atoms with Crippen LogP contribution in [0.4, 0.5) is 17.3 Å². The van der Waals surface area contributed by atoms with E-state index in [-0.39, 0.29) is 0 Å². The Balaban J connectivity index is 2.43. The zero-order chi connectivity index (χ0) is 15.2. The number of anilines is 3. The van der Waals surface area contributed by atoms with Gasteiger partial charge in [-0.15, -0.1) is 0 Å². The number of aromatic nitrogens is 2. The van der Waals surface area contributed by atoms with Crippen molar-refractivity contribution in [3.05, 3.63) is 41.2 Å². The minimum Gasteiger partial charge on any atom is -0.370 e. The van der Waals surface area contributed by atoms with E-state index >= 15 is 0 Å². The van der Waals surface area contributed by atoms with Crippen molar-refractivity contribution >= 4 is 17.3 Å². The summed E-state index contributed by atoms with van der Waals surface area (Å²) in [6.45, 7) is 6.82. The van der Waals surface area contributed by atoms with Gasteiger partial charge in [-0.3, -0.25) is 0 Å². The SMILES string of the molecule is CCNc1ncnc(Nc2cccc(C)c2C#N)c1CC. The van der Waals surface area contributed by atoms with Crippen LogP contribution in [0.3, 0.4) is 0 Å². The van der Waals surface area contributed by atoms with E-state index in [1.807, 2.05) is 32.0 Å². The van der Waals surface area contributed by atoms with Crippen molar-refractivity contribution in [3.63, 3.8) is 0 Å². The highest BCUT2D eigenvalue weighted by molar-refractivity contribution is 5.70. The van der Waals surface area contributed by atoms with Crippen LogP contribution in [0.25, 0.3) is 0 Å². The number of nitrogens with zero attached hydrogens (tertiary/aromatic N) is 3. The first-order valence-corrected chi connectivity index (χ1v) is 7.05. The van der Waals surface area contributed by atoms with Crippen molar-refractivity contribution in [3.8, 4) is 6.07 Å². The summed E-state index contributed by atoms with van der Waals surface area (Å²) in [6, 6.07) is 7.98. The van der Waals surface area contributed by atoms with Crippen molar-refractivity contribution in [2.45, 2.75) is 27.2 Å². The van der Waals surface area contributed by atoms with Crippen LogP contribution in [0.5, 0.6) is 0 Å². The van der Waals surface area contributed by atoms with Crippen molar-refractivity contribution < 1.29 is 0 Å². The summed E-state index contributed by atoms with van der Waals surface area (Å²) in [4.78, 5) is 8.60. The predicted octanol–water partition coefficient (Wildman–Crippen LogP) is 3.39. The Morgan fingerprint density at radius 1 is 1.19 bits per heavy atom. The number of hydrogen-bond acceptors (Lipinski definition) is 5. The molecule has 21 heavy (non-hydrogen) atoms. The molecule has 1 aromatic heterocycles. The Morgan fingerprint density at radius 3 is 2.62 bits per heavy atom. The lowest BCUT2D eigenvalue weighted by Gasteiger charge is -2.15. The topological polar surface area (TPSA) is 73.6 Å². The van der Waals surface area contributed by atoms with Gasteiger partial charge in [-0.25, -0.2) is 9.97 Å². The molecule has 0 radical (unpaired) electrons. The van der Waals surface area contributed by atoms with Gasteiger partial charge in [0.2, 0.25) is 0 Å². The average molecular weight is 281 g/mol. The number of nitrogens with one attached hydrogen (secondary N) is 2. The van der Waals surface area contributed by atoms with E-state index in [4.69, 9.17) is 0 Å². The first-order chi connectivity index (χ1) is 10.2. The molecule has 0 spiro atoms. The summed E-state index contributed by atoms with van der Waals surface area (Å²) < 4.78 is 0. The van der Waals surface area contributed by atoms with Crippen LogP contribution in [0.1, 0.15) is 30.5 Å². The molecule has 0 amide bonds. The monoisotopic (exact) mass is 281 g/mol. The maximum atomic E-state index is 9.31. The summed E-state index contributed by atoms with van der Waals surface area (Å²) in [5, 5.41) is 15.8. The van der Waals surface area contributed by atoms with E-state index in [0.717, 1.165) is 41.4 Å². The zero-order valence-electron chi connectivity index (χ0n) is 12.6. The van der Waals surface area contributed by atoms with E-state index in [1.54, 1.807) is 0 Å². The van der Waals surface area contributed by atoms with Gasteiger partial charge in [0.05, 0.1) is 11.3 Å². The molecule has 108 valence electrons. The third-order valence-electron chi connectivity index (χ3n) is 3.28. The largest absolute Gasteiger partial charge is 0.370 e. The lowest BCUT2D eigenvalue weighted by molar-refractivity contribution is 1.03. The molecule has 5 nitrogen and oxygen atoms in total. The van der Waals surface area contributed by atoms with Crippen molar-refractivity contribution in [1.82, 2.24) is 9.97 Å². The summed E-state index contributed by atoms with van der Waals surface area (Å²) in [5.74, 6) is 1.58. The van der Waals surface area contributed by atoms with Crippen LogP contribution >= 0.6 is 0 Å². The maximum absolute atomic E-state index is 9.31. The lowest BCUT2D eigenvalue weighted by Crippen LogP contribution is -2.08. The summed E-state index contributed by atoms with van der Waals surface area (Å²) >= 11 is 0. The molecule has 1 heterocycles. The van der Waals surface area contributed by atoms with E-state index < -0.39 is 0 Å². The second kappa shape index (κ2) is 6.71. The zero-order valence-corrected chi connectivity index (χ0v) is 12.6. The first-order valence-electron chi connectivity index (χ1n) is 7.05. The molecule has 0 saturated heterocycles. The quantitative estimate of drug-likeness (QED) is 0.878. The highest BCUT2D eigenvalue weighted by Crippen LogP contribution is 2.26. The first kappa shape index (κ1) is 14.8. The lowest BCUT2D eigenvalue weighted by atomic mass is 10.1. The fraction of sp³-hybridized carbons (Fsp3) is 0.312. The number of hydrogen-bond donors (Lipinski definition) is 2. The third-order valence-corrected chi connectivity index (χ3v) is 3.28. The molecule has 0 saturated carbocycles. The van der Waals surface area contributed by atoms with E-state index in [0.29, 0.717) is 5.56 Å². The standard InChI is InChI=1S/C16H19N5/c1-4-12-15(18-5-2)19-10-20-16(12)21-14-8-6-7-11(3)13(14)9-17/h6-8,10H,4-5H2,1-3H3,(H2,18,19,20,21). The minimum atomic E-state index is 0.642. The second-order valence-corrected chi connectivity index (χ2v) is 4.67. The van der Waals surface area contributed by atoms with Gasteiger partial charge in [-0.05, 0) is 31.9 Å². The fourth-order valence-electron chi connectivity index (χ4n) is 2.22. The van der Waals surface area contributed by atoms with Crippen molar-refractivity contribution in [1.29, 1.82) is 5.26 Å². The molecule has 5 heteroatoms. The molecule has 0 unspecified atom stereocenters. The van der Waals surface area contributed by atoms with E-state index in [9.17, 15) is 5.26 Å². The number of benzene rings is 1. The highest BCUT2D eigenvalue weighted by Gasteiger charge is 2.12. The van der Waals surface area contributed by atoms with Gasteiger partial charge in [0.1, 0.15) is 24.0 Å².